The first-order valence-electron chi connectivity index (χ1n) is 8.09. The van der Waals surface area contributed by atoms with Crippen LogP contribution >= 0.6 is 0 Å². The number of benzene rings is 2. The van der Waals surface area contributed by atoms with E-state index in [9.17, 15) is 15.0 Å². The molecule has 2 unspecified atom stereocenters. The van der Waals surface area contributed by atoms with Crippen LogP contribution in [0.4, 0.5) is 0 Å². The Hall–Kier alpha value is -2.59. The second kappa shape index (κ2) is 6.89. The molecule has 0 amide bonds. The highest BCUT2D eigenvalue weighted by Gasteiger charge is 2.26. The number of para-hydroxylation sites is 1. The number of hydrogen-bond donors (Lipinski definition) is 2. The van der Waals surface area contributed by atoms with Crippen LogP contribution in [0.1, 0.15) is 36.8 Å². The molecular formula is C20H20O4. The minimum absolute atomic E-state index is 0.0704. The Morgan fingerprint density at radius 1 is 1.04 bits per heavy atom. The molecule has 2 N–H and O–H groups in total. The quantitative estimate of drug-likeness (QED) is 0.701. The molecule has 0 aliphatic heterocycles. The van der Waals surface area contributed by atoms with Crippen molar-refractivity contribution in [3.05, 3.63) is 76.1 Å². The largest absolute Gasteiger partial charge is 0.507 e. The molecule has 3 rings (SSSR count). The first-order chi connectivity index (χ1) is 11.6. The van der Waals surface area contributed by atoms with Gasteiger partial charge in [-0.05, 0) is 30.5 Å². The van der Waals surface area contributed by atoms with Gasteiger partial charge in [0.1, 0.15) is 11.3 Å². The molecule has 0 saturated heterocycles. The lowest BCUT2D eigenvalue weighted by Crippen LogP contribution is -2.19. The van der Waals surface area contributed by atoms with Gasteiger partial charge in [0.25, 0.3) is 0 Å². The van der Waals surface area contributed by atoms with E-state index < -0.39 is 17.6 Å². The Kier molecular flexibility index (Phi) is 4.67. The average molecular weight is 324 g/mol. The zero-order chi connectivity index (χ0) is 17.1. The first kappa shape index (κ1) is 16.3. The predicted molar refractivity (Wildman–Crippen MR) is 93.3 cm³/mol. The van der Waals surface area contributed by atoms with Gasteiger partial charge in [-0.1, -0.05) is 49.4 Å². The van der Waals surface area contributed by atoms with Crippen LogP contribution < -0.4 is 5.63 Å². The van der Waals surface area contributed by atoms with Crippen LogP contribution in [0.25, 0.3) is 11.0 Å². The molecule has 0 spiro atoms. The SMILES string of the molecule is CCC(O)CC(c1ccccc1)c1c(O)c2ccccc2oc1=O. The summed E-state index contributed by atoms with van der Waals surface area (Å²) in [5.74, 6) is -0.499. The normalized spacial score (nSPS) is 13.8. The van der Waals surface area contributed by atoms with Crippen molar-refractivity contribution in [1.29, 1.82) is 0 Å². The molecule has 0 saturated carbocycles. The van der Waals surface area contributed by atoms with Gasteiger partial charge in [0.15, 0.2) is 0 Å². The summed E-state index contributed by atoms with van der Waals surface area (Å²) in [6, 6.07) is 16.3. The standard InChI is InChI=1S/C20H20O4/c1-2-14(21)12-16(13-8-4-3-5-9-13)18-19(22)15-10-6-7-11-17(15)24-20(18)23/h3-11,14,16,21-22H,2,12H2,1H3. The molecule has 1 heterocycles. The fourth-order valence-corrected chi connectivity index (χ4v) is 3.00. The van der Waals surface area contributed by atoms with Crippen LogP contribution in [-0.4, -0.2) is 16.3 Å². The van der Waals surface area contributed by atoms with Crippen molar-refractivity contribution in [1.82, 2.24) is 0 Å². The molecule has 24 heavy (non-hydrogen) atoms. The Bertz CT molecular complexity index is 883. The van der Waals surface area contributed by atoms with E-state index in [-0.39, 0.29) is 11.3 Å². The molecule has 0 radical (unpaired) electrons. The third kappa shape index (κ3) is 3.05. The summed E-state index contributed by atoms with van der Waals surface area (Å²) in [6.45, 7) is 1.88. The fourth-order valence-electron chi connectivity index (χ4n) is 3.00. The molecule has 124 valence electrons. The van der Waals surface area contributed by atoms with Crippen molar-refractivity contribution in [2.24, 2.45) is 0 Å². The molecule has 0 aliphatic carbocycles. The summed E-state index contributed by atoms with van der Waals surface area (Å²) >= 11 is 0. The van der Waals surface area contributed by atoms with E-state index in [1.54, 1.807) is 24.3 Å². The molecule has 0 fully saturated rings. The van der Waals surface area contributed by atoms with Crippen LogP contribution in [0.3, 0.4) is 0 Å². The maximum Gasteiger partial charge on any atom is 0.343 e. The van der Waals surface area contributed by atoms with Crippen LogP contribution in [-0.2, 0) is 0 Å². The third-order valence-electron chi connectivity index (χ3n) is 4.35. The first-order valence-corrected chi connectivity index (χ1v) is 8.09. The molecule has 2 aromatic carbocycles. The Labute approximate surface area is 140 Å². The van der Waals surface area contributed by atoms with Crippen LogP contribution in [0, 0.1) is 0 Å². The zero-order valence-electron chi connectivity index (χ0n) is 13.5. The van der Waals surface area contributed by atoms with Gasteiger partial charge in [-0.15, -0.1) is 0 Å². The highest BCUT2D eigenvalue weighted by Crippen LogP contribution is 2.36. The van der Waals surface area contributed by atoms with E-state index in [2.05, 4.69) is 0 Å². The van der Waals surface area contributed by atoms with Crippen LogP contribution in [0.5, 0.6) is 5.75 Å². The maximum absolute atomic E-state index is 12.5. The molecule has 4 nitrogen and oxygen atoms in total. The summed E-state index contributed by atoms with van der Waals surface area (Å²) in [5, 5.41) is 21.3. The van der Waals surface area contributed by atoms with Gasteiger partial charge in [-0.3, -0.25) is 0 Å². The van der Waals surface area contributed by atoms with Gasteiger partial charge in [-0.2, -0.15) is 0 Å². The highest BCUT2D eigenvalue weighted by molar-refractivity contribution is 5.84. The van der Waals surface area contributed by atoms with Gasteiger partial charge >= 0.3 is 5.63 Å². The van der Waals surface area contributed by atoms with Crippen molar-refractivity contribution in [3.63, 3.8) is 0 Å². The van der Waals surface area contributed by atoms with E-state index >= 15 is 0 Å². The van der Waals surface area contributed by atoms with Crippen molar-refractivity contribution in [2.75, 3.05) is 0 Å². The third-order valence-corrected chi connectivity index (χ3v) is 4.35. The lowest BCUT2D eigenvalue weighted by Gasteiger charge is -2.21. The Morgan fingerprint density at radius 2 is 1.71 bits per heavy atom. The molecule has 0 bridgehead atoms. The molecule has 2 atom stereocenters. The number of aliphatic hydroxyl groups excluding tert-OH is 1. The van der Waals surface area contributed by atoms with Crippen molar-refractivity contribution < 1.29 is 14.6 Å². The second-order valence-electron chi connectivity index (χ2n) is 5.91. The monoisotopic (exact) mass is 324 g/mol. The van der Waals surface area contributed by atoms with Gasteiger partial charge in [0, 0.05) is 5.92 Å². The second-order valence-corrected chi connectivity index (χ2v) is 5.91. The van der Waals surface area contributed by atoms with E-state index in [0.717, 1.165) is 5.56 Å². The number of fused-ring (bicyclic) bond motifs is 1. The molecule has 4 heteroatoms. The molecule has 3 aromatic rings. The minimum atomic E-state index is -0.569. The minimum Gasteiger partial charge on any atom is -0.507 e. The topological polar surface area (TPSA) is 70.7 Å². The molecule has 0 aliphatic rings. The molecule has 1 aromatic heterocycles. The number of aromatic hydroxyl groups is 1. The van der Waals surface area contributed by atoms with Crippen LogP contribution in [0.15, 0.2) is 63.8 Å². The summed E-state index contributed by atoms with van der Waals surface area (Å²) in [7, 11) is 0. The highest BCUT2D eigenvalue weighted by atomic mass is 16.4. The van der Waals surface area contributed by atoms with E-state index in [0.29, 0.717) is 23.8 Å². The van der Waals surface area contributed by atoms with Crippen LogP contribution in [0.2, 0.25) is 0 Å². The number of rotatable bonds is 5. The summed E-state index contributed by atoms with van der Waals surface area (Å²) in [6.07, 6.45) is 0.348. The van der Waals surface area contributed by atoms with Gasteiger partial charge in [-0.25, -0.2) is 4.79 Å². The maximum atomic E-state index is 12.5. The Morgan fingerprint density at radius 3 is 2.42 bits per heavy atom. The van der Waals surface area contributed by atoms with Gasteiger partial charge < -0.3 is 14.6 Å². The zero-order valence-corrected chi connectivity index (χ0v) is 13.5. The van der Waals surface area contributed by atoms with Crippen molar-refractivity contribution in [3.8, 4) is 5.75 Å². The van der Waals surface area contributed by atoms with Gasteiger partial charge in [0.05, 0.1) is 17.1 Å². The lowest BCUT2D eigenvalue weighted by molar-refractivity contribution is 0.154. The summed E-state index contributed by atoms with van der Waals surface area (Å²) < 4.78 is 5.39. The summed E-state index contributed by atoms with van der Waals surface area (Å²) in [4.78, 5) is 12.5. The fraction of sp³-hybridized carbons (Fsp3) is 0.250. The average Bonchev–Trinajstić information content (AvgIpc) is 2.61. The van der Waals surface area contributed by atoms with E-state index in [1.165, 1.54) is 0 Å². The summed E-state index contributed by atoms with van der Waals surface area (Å²) in [5.41, 5.74) is 0.852. The van der Waals surface area contributed by atoms with E-state index in [1.807, 2.05) is 37.3 Å². The number of hydrogen-bond acceptors (Lipinski definition) is 4. The smallest absolute Gasteiger partial charge is 0.343 e. The molecular weight excluding hydrogens is 304 g/mol. The number of aliphatic hydroxyl groups is 1. The van der Waals surface area contributed by atoms with Crippen molar-refractivity contribution in [2.45, 2.75) is 31.8 Å². The van der Waals surface area contributed by atoms with Crippen molar-refractivity contribution >= 4 is 11.0 Å². The lowest BCUT2D eigenvalue weighted by atomic mass is 9.86. The van der Waals surface area contributed by atoms with Gasteiger partial charge in [0.2, 0.25) is 0 Å². The Balaban J connectivity index is 2.21. The predicted octanol–water partition coefficient (Wildman–Crippen LogP) is 3.79. The van der Waals surface area contributed by atoms with E-state index in [4.69, 9.17) is 4.42 Å².